The number of hydrogen-bond acceptors (Lipinski definition) is 6. The van der Waals surface area contributed by atoms with E-state index in [1.807, 2.05) is 6.92 Å². The Bertz CT molecular complexity index is 438. The van der Waals surface area contributed by atoms with E-state index in [4.69, 9.17) is 9.15 Å². The van der Waals surface area contributed by atoms with Gasteiger partial charge in [0.2, 0.25) is 5.17 Å². The first kappa shape index (κ1) is 18.1. The van der Waals surface area contributed by atoms with E-state index in [0.717, 1.165) is 18.6 Å². The largest absolute Gasteiger partial charge is 0.460 e. The second kappa shape index (κ2) is 7.87. The van der Waals surface area contributed by atoms with Gasteiger partial charge in [-0.2, -0.15) is 0 Å². The van der Waals surface area contributed by atoms with Crippen LogP contribution in [0.2, 0.25) is 0 Å². The molecule has 0 saturated carbocycles. The van der Waals surface area contributed by atoms with Crippen LogP contribution in [0.5, 0.6) is 0 Å². The molecular formula is C12H23N2O3PS2. The van der Waals surface area contributed by atoms with Crippen molar-refractivity contribution in [2.75, 3.05) is 12.4 Å². The standard InChI is InChI=1S/C12H23N2O3PS2/c1-6-9-19-18(15,16-8-3)17-14-11-13-10(7-2)12(4,5)20-11/h6-9H2,1-5H3. The van der Waals surface area contributed by atoms with Gasteiger partial charge in [0.1, 0.15) is 0 Å². The summed E-state index contributed by atoms with van der Waals surface area (Å²) in [5.74, 6) is 0.713. The lowest BCUT2D eigenvalue weighted by atomic mass is 10.1. The van der Waals surface area contributed by atoms with Crippen molar-refractivity contribution >= 4 is 40.8 Å². The monoisotopic (exact) mass is 338 g/mol. The summed E-state index contributed by atoms with van der Waals surface area (Å²) in [6.07, 6.45) is 1.77. The van der Waals surface area contributed by atoms with Gasteiger partial charge in [-0.1, -0.05) is 25.6 Å². The van der Waals surface area contributed by atoms with Gasteiger partial charge in [-0.05, 0) is 50.2 Å². The van der Waals surface area contributed by atoms with Gasteiger partial charge in [0.25, 0.3) is 0 Å². The molecule has 20 heavy (non-hydrogen) atoms. The van der Waals surface area contributed by atoms with Gasteiger partial charge in [0.15, 0.2) is 0 Å². The van der Waals surface area contributed by atoms with Crippen LogP contribution in [0, 0.1) is 0 Å². The van der Waals surface area contributed by atoms with E-state index >= 15 is 0 Å². The minimum atomic E-state index is -3.21. The summed E-state index contributed by atoms with van der Waals surface area (Å²) in [5.41, 5.74) is 1.07. The van der Waals surface area contributed by atoms with Crippen molar-refractivity contribution in [3.8, 4) is 0 Å². The first-order chi connectivity index (χ1) is 9.37. The van der Waals surface area contributed by atoms with E-state index in [0.29, 0.717) is 17.5 Å². The molecule has 1 atom stereocenters. The third kappa shape index (κ3) is 5.10. The molecule has 0 saturated heterocycles. The molecule has 1 aliphatic rings. The van der Waals surface area contributed by atoms with E-state index in [9.17, 15) is 4.57 Å². The molecule has 0 aromatic rings. The Kier molecular flexibility index (Phi) is 7.12. The maximum Gasteiger partial charge on any atom is 0.460 e. The molecule has 0 spiro atoms. The van der Waals surface area contributed by atoms with Crippen molar-refractivity contribution in [3.63, 3.8) is 0 Å². The van der Waals surface area contributed by atoms with Gasteiger partial charge in [-0.15, -0.1) is 0 Å². The van der Waals surface area contributed by atoms with Gasteiger partial charge >= 0.3 is 6.80 Å². The highest BCUT2D eigenvalue weighted by Crippen LogP contribution is 2.61. The molecule has 8 heteroatoms. The minimum absolute atomic E-state index is 0.0803. The Morgan fingerprint density at radius 2 is 2.10 bits per heavy atom. The van der Waals surface area contributed by atoms with E-state index in [-0.39, 0.29) is 4.75 Å². The number of hydrogen-bond donors (Lipinski definition) is 0. The Hall–Kier alpha value is 0.0300. The summed E-state index contributed by atoms with van der Waals surface area (Å²) in [6.45, 7) is 7.18. The first-order valence-corrected chi connectivity index (χ1v) is 10.7. The summed E-state index contributed by atoms with van der Waals surface area (Å²) in [5, 5.41) is 4.46. The predicted molar refractivity (Wildman–Crippen MR) is 89.9 cm³/mol. The Morgan fingerprint density at radius 1 is 1.40 bits per heavy atom. The third-order valence-corrected chi connectivity index (χ3v) is 7.44. The second-order valence-electron chi connectivity index (χ2n) is 4.68. The third-order valence-electron chi connectivity index (χ3n) is 2.57. The topological polar surface area (TPSA) is 60.2 Å². The minimum Gasteiger partial charge on any atom is -0.303 e. The van der Waals surface area contributed by atoms with E-state index < -0.39 is 6.80 Å². The molecule has 0 amide bonds. The van der Waals surface area contributed by atoms with Crippen LogP contribution in [0.15, 0.2) is 10.1 Å². The SMILES string of the molecule is CCCSP(=O)(OCC)ON=C1N=C(CC)C(C)(C)S1. The van der Waals surface area contributed by atoms with Crippen molar-refractivity contribution in [1.82, 2.24) is 0 Å². The molecule has 116 valence electrons. The smallest absolute Gasteiger partial charge is 0.303 e. The molecule has 0 aromatic carbocycles. The van der Waals surface area contributed by atoms with Gasteiger partial charge in [0.05, 0.1) is 11.4 Å². The highest BCUT2D eigenvalue weighted by Gasteiger charge is 2.34. The second-order valence-corrected chi connectivity index (χ2v) is 10.4. The molecule has 0 radical (unpaired) electrons. The lowest BCUT2D eigenvalue weighted by molar-refractivity contribution is 0.236. The van der Waals surface area contributed by atoms with Crippen molar-refractivity contribution in [2.45, 2.75) is 52.2 Å². The zero-order valence-electron chi connectivity index (χ0n) is 12.7. The maximum absolute atomic E-state index is 12.4. The van der Waals surface area contributed by atoms with Gasteiger partial charge in [-0.25, -0.2) is 9.56 Å². The van der Waals surface area contributed by atoms with Crippen LogP contribution >= 0.6 is 29.9 Å². The Balaban J connectivity index is 2.75. The van der Waals surface area contributed by atoms with Crippen molar-refractivity contribution in [1.29, 1.82) is 0 Å². The van der Waals surface area contributed by atoms with Crippen LogP contribution in [-0.2, 0) is 13.7 Å². The molecule has 5 nitrogen and oxygen atoms in total. The maximum atomic E-state index is 12.4. The van der Waals surface area contributed by atoms with Crippen LogP contribution in [0.3, 0.4) is 0 Å². The Labute approximate surface area is 129 Å². The summed E-state index contributed by atoms with van der Waals surface area (Å²) >= 11 is 2.70. The fourth-order valence-corrected chi connectivity index (χ4v) is 5.75. The normalized spacial score (nSPS) is 22.6. The number of nitrogens with zero attached hydrogens (tertiary/aromatic N) is 2. The van der Waals surface area contributed by atoms with Gasteiger partial charge < -0.3 is 4.62 Å². The fourth-order valence-electron chi connectivity index (χ4n) is 1.63. The van der Waals surface area contributed by atoms with Crippen molar-refractivity contribution in [2.24, 2.45) is 10.1 Å². The predicted octanol–water partition coefficient (Wildman–Crippen LogP) is 4.94. The Morgan fingerprint density at radius 3 is 2.60 bits per heavy atom. The van der Waals surface area contributed by atoms with Gasteiger partial charge in [0, 0.05) is 11.5 Å². The van der Waals surface area contributed by atoms with Crippen LogP contribution in [-0.4, -0.2) is 28.0 Å². The van der Waals surface area contributed by atoms with Crippen LogP contribution in [0.4, 0.5) is 0 Å². The molecule has 1 unspecified atom stereocenters. The molecule has 1 heterocycles. The van der Waals surface area contributed by atoms with Crippen LogP contribution < -0.4 is 0 Å². The number of aliphatic imine (C=N–C) groups is 1. The van der Waals surface area contributed by atoms with Crippen LogP contribution in [0.25, 0.3) is 0 Å². The van der Waals surface area contributed by atoms with Crippen molar-refractivity contribution < 1.29 is 13.7 Å². The van der Waals surface area contributed by atoms with E-state index in [1.54, 1.807) is 6.92 Å². The highest BCUT2D eigenvalue weighted by atomic mass is 32.7. The molecular weight excluding hydrogens is 315 g/mol. The zero-order valence-corrected chi connectivity index (χ0v) is 15.2. The van der Waals surface area contributed by atoms with Crippen LogP contribution in [0.1, 0.15) is 47.5 Å². The molecule has 0 bridgehead atoms. The highest BCUT2D eigenvalue weighted by molar-refractivity contribution is 8.55. The number of oxime groups is 1. The molecule has 1 aliphatic heterocycles. The quantitative estimate of drug-likeness (QED) is 0.463. The zero-order chi connectivity index (χ0) is 15.2. The summed E-state index contributed by atoms with van der Waals surface area (Å²) < 4.78 is 22.7. The lowest BCUT2D eigenvalue weighted by Crippen LogP contribution is -2.22. The van der Waals surface area contributed by atoms with E-state index in [1.165, 1.54) is 23.1 Å². The molecule has 0 aliphatic carbocycles. The average Bonchev–Trinajstić information content (AvgIpc) is 2.69. The molecule has 0 N–H and O–H groups in total. The average molecular weight is 338 g/mol. The van der Waals surface area contributed by atoms with E-state index in [2.05, 4.69) is 30.9 Å². The first-order valence-electron chi connectivity index (χ1n) is 6.79. The van der Waals surface area contributed by atoms with Crippen molar-refractivity contribution in [3.05, 3.63) is 0 Å². The molecule has 0 fully saturated rings. The fraction of sp³-hybridized carbons (Fsp3) is 0.833. The molecule has 0 aromatic heterocycles. The number of thioether (sulfide) groups is 1. The molecule has 1 rings (SSSR count). The van der Waals surface area contributed by atoms with Gasteiger partial charge in [-0.3, -0.25) is 4.52 Å². The number of amidine groups is 1. The summed E-state index contributed by atoms with van der Waals surface area (Å²) in [7, 11) is 0. The summed E-state index contributed by atoms with van der Waals surface area (Å²) in [6, 6.07) is 0. The number of rotatable bonds is 8. The summed E-state index contributed by atoms with van der Waals surface area (Å²) in [4.78, 5) is 4.42. The lowest BCUT2D eigenvalue weighted by Gasteiger charge is -2.16.